The van der Waals surface area contributed by atoms with E-state index in [1.54, 1.807) is 12.1 Å². The fourth-order valence-electron chi connectivity index (χ4n) is 6.55. The summed E-state index contributed by atoms with van der Waals surface area (Å²) in [7, 11) is 0. The molecule has 276 valence electrons. The second kappa shape index (κ2) is 18.1. The van der Waals surface area contributed by atoms with Gasteiger partial charge in [0, 0.05) is 89.4 Å². The topological polar surface area (TPSA) is 100 Å². The summed E-state index contributed by atoms with van der Waals surface area (Å²) in [5.41, 5.74) is 3.57. The normalized spacial score (nSPS) is 16.8. The minimum absolute atomic E-state index is 0.165. The highest BCUT2D eigenvalue weighted by molar-refractivity contribution is 6.34. The molecule has 4 heterocycles. The number of ketones is 1. The number of aromatic nitrogens is 4. The Labute approximate surface area is 324 Å². The lowest BCUT2D eigenvalue weighted by atomic mass is 9.86. The Bertz CT molecular complexity index is 1660. The van der Waals surface area contributed by atoms with Crippen molar-refractivity contribution in [3.8, 4) is 11.5 Å². The molecule has 0 spiro atoms. The SMILES string of the molecule is CC(C(=O)C(C)c1ccc(OCCN2CCN(c3cc(Cl)nnc3Cl)CC2)cc1)c1ccc(OCCN2CCN(c3cc(Cl)nnc3Cl)CC2)cc1. The third-order valence-electron chi connectivity index (χ3n) is 9.79. The van der Waals surface area contributed by atoms with Crippen LogP contribution in [0.4, 0.5) is 11.4 Å². The minimum Gasteiger partial charge on any atom is -0.492 e. The van der Waals surface area contributed by atoms with Crippen molar-refractivity contribution in [2.24, 2.45) is 0 Å². The van der Waals surface area contributed by atoms with Gasteiger partial charge in [-0.05, 0) is 35.4 Å². The molecule has 2 unspecified atom stereocenters. The molecule has 15 heteroatoms. The molecule has 2 aromatic carbocycles. The summed E-state index contributed by atoms with van der Waals surface area (Å²) < 4.78 is 12.1. The third kappa shape index (κ3) is 9.94. The van der Waals surface area contributed by atoms with Crippen molar-refractivity contribution in [3.63, 3.8) is 0 Å². The molecule has 0 aliphatic carbocycles. The summed E-state index contributed by atoms with van der Waals surface area (Å²) in [5, 5.41) is 16.8. The van der Waals surface area contributed by atoms with Crippen LogP contribution in [0, 0.1) is 0 Å². The monoisotopic (exact) mass is 786 g/mol. The smallest absolute Gasteiger partial charge is 0.175 e. The van der Waals surface area contributed by atoms with Gasteiger partial charge < -0.3 is 19.3 Å². The van der Waals surface area contributed by atoms with E-state index in [1.165, 1.54) is 0 Å². The van der Waals surface area contributed by atoms with E-state index in [0.29, 0.717) is 33.8 Å². The number of halogens is 4. The van der Waals surface area contributed by atoms with Gasteiger partial charge in [0.25, 0.3) is 0 Å². The fourth-order valence-corrected chi connectivity index (χ4v) is 7.26. The Balaban J connectivity index is 0.891. The first-order valence-corrected chi connectivity index (χ1v) is 19.0. The van der Waals surface area contributed by atoms with E-state index in [4.69, 9.17) is 55.9 Å². The largest absolute Gasteiger partial charge is 0.492 e. The summed E-state index contributed by atoms with van der Waals surface area (Å²) in [6.07, 6.45) is 0. The van der Waals surface area contributed by atoms with Crippen LogP contribution in [-0.4, -0.2) is 115 Å². The van der Waals surface area contributed by atoms with Crippen molar-refractivity contribution in [1.82, 2.24) is 30.2 Å². The van der Waals surface area contributed by atoms with Crippen LogP contribution in [0.2, 0.25) is 20.6 Å². The average molecular weight is 789 g/mol. The van der Waals surface area contributed by atoms with Crippen LogP contribution >= 0.6 is 46.4 Å². The summed E-state index contributed by atoms with van der Waals surface area (Å²) in [6.45, 7) is 13.5. The van der Waals surface area contributed by atoms with Crippen molar-refractivity contribution in [1.29, 1.82) is 0 Å². The van der Waals surface area contributed by atoms with Crippen molar-refractivity contribution >= 4 is 63.6 Å². The first-order valence-electron chi connectivity index (χ1n) is 17.5. The van der Waals surface area contributed by atoms with Crippen LogP contribution in [0.25, 0.3) is 0 Å². The predicted molar refractivity (Wildman–Crippen MR) is 207 cm³/mol. The second-order valence-electron chi connectivity index (χ2n) is 13.0. The van der Waals surface area contributed by atoms with E-state index in [2.05, 4.69) is 40.0 Å². The van der Waals surface area contributed by atoms with Crippen molar-refractivity contribution in [3.05, 3.63) is 92.4 Å². The quantitative estimate of drug-likeness (QED) is 0.136. The number of rotatable bonds is 14. The number of hydrogen-bond donors (Lipinski definition) is 0. The number of ether oxygens (including phenoxy) is 2. The number of benzene rings is 2. The molecule has 0 N–H and O–H groups in total. The maximum atomic E-state index is 13.5. The maximum Gasteiger partial charge on any atom is 0.175 e. The second-order valence-corrected chi connectivity index (χ2v) is 14.5. The summed E-state index contributed by atoms with van der Waals surface area (Å²) >= 11 is 24.5. The van der Waals surface area contributed by atoms with Gasteiger partial charge in [-0.2, -0.15) is 0 Å². The van der Waals surface area contributed by atoms with Crippen LogP contribution < -0.4 is 19.3 Å². The molecule has 6 rings (SSSR count). The Morgan fingerprint density at radius 2 is 0.962 bits per heavy atom. The van der Waals surface area contributed by atoms with Gasteiger partial charge in [-0.3, -0.25) is 14.6 Å². The number of nitrogens with zero attached hydrogens (tertiary/aromatic N) is 8. The molecule has 0 saturated carbocycles. The van der Waals surface area contributed by atoms with Gasteiger partial charge in [0.1, 0.15) is 30.5 Å². The van der Waals surface area contributed by atoms with Gasteiger partial charge in [-0.1, -0.05) is 84.5 Å². The molecule has 0 bridgehead atoms. The van der Waals surface area contributed by atoms with Gasteiger partial charge in [0.2, 0.25) is 0 Å². The molecule has 2 aromatic heterocycles. The van der Waals surface area contributed by atoms with Crippen LogP contribution in [0.3, 0.4) is 0 Å². The first kappa shape index (κ1) is 38.3. The van der Waals surface area contributed by atoms with Crippen LogP contribution in [0.15, 0.2) is 60.7 Å². The number of Topliss-reactive ketones (excluding diaryl/α,β-unsaturated/α-hetero) is 1. The molecular weight excluding hydrogens is 746 g/mol. The number of piperazine rings is 2. The molecule has 2 aliphatic heterocycles. The molecular formula is C37H42Cl4N8O3. The van der Waals surface area contributed by atoms with E-state index in [-0.39, 0.29) is 17.6 Å². The average Bonchev–Trinajstić information content (AvgIpc) is 3.17. The molecule has 2 fully saturated rings. The Kier molecular flexibility index (Phi) is 13.3. The molecule has 0 radical (unpaired) electrons. The lowest BCUT2D eigenvalue weighted by molar-refractivity contribution is -0.121. The van der Waals surface area contributed by atoms with E-state index < -0.39 is 0 Å². The zero-order valence-electron chi connectivity index (χ0n) is 29.2. The molecule has 2 aliphatic rings. The fraction of sp³-hybridized carbons (Fsp3) is 0.432. The molecule has 0 amide bonds. The molecule has 11 nitrogen and oxygen atoms in total. The maximum absolute atomic E-state index is 13.5. The van der Waals surface area contributed by atoms with Gasteiger partial charge in [-0.25, -0.2) is 0 Å². The highest BCUT2D eigenvalue weighted by Gasteiger charge is 2.24. The highest BCUT2D eigenvalue weighted by Crippen LogP contribution is 2.30. The molecule has 4 aromatic rings. The Hall–Kier alpha value is -3.45. The first-order chi connectivity index (χ1) is 25.1. The van der Waals surface area contributed by atoms with Gasteiger partial charge in [-0.15, -0.1) is 20.4 Å². The van der Waals surface area contributed by atoms with E-state index in [1.807, 2.05) is 62.4 Å². The minimum atomic E-state index is -0.251. The van der Waals surface area contributed by atoms with E-state index >= 15 is 0 Å². The van der Waals surface area contributed by atoms with Gasteiger partial charge >= 0.3 is 0 Å². The third-order valence-corrected chi connectivity index (χ3v) is 10.7. The van der Waals surface area contributed by atoms with Crippen LogP contribution in [0.5, 0.6) is 11.5 Å². The Morgan fingerprint density at radius 3 is 1.33 bits per heavy atom. The number of carbonyl (C=O) groups is 1. The van der Waals surface area contributed by atoms with Crippen LogP contribution in [-0.2, 0) is 4.79 Å². The standard InChI is InChI=1S/C37H42Cl4N8O3/c1-25(27-3-7-29(8-4-27)51-21-19-46-11-15-48(16-12-46)31-23-33(38)42-44-36(31)40)35(50)26(2)28-5-9-30(10-6-28)52-22-20-47-13-17-49(18-14-47)32-24-34(39)43-45-37(32)41/h3-10,23-26H,11-22H2,1-2H3. The van der Waals surface area contributed by atoms with Crippen LogP contribution in [0.1, 0.15) is 36.8 Å². The number of anilines is 2. The number of carbonyl (C=O) groups excluding carboxylic acids is 1. The zero-order chi connectivity index (χ0) is 36.6. The van der Waals surface area contributed by atoms with Crippen molar-refractivity contribution in [2.45, 2.75) is 25.7 Å². The van der Waals surface area contributed by atoms with Crippen molar-refractivity contribution in [2.75, 3.05) is 88.5 Å². The highest BCUT2D eigenvalue weighted by atomic mass is 35.5. The summed E-state index contributed by atoms with van der Waals surface area (Å²) in [6, 6.07) is 19.2. The van der Waals surface area contributed by atoms with E-state index in [9.17, 15) is 4.79 Å². The lowest BCUT2D eigenvalue weighted by Gasteiger charge is -2.36. The zero-order valence-corrected chi connectivity index (χ0v) is 32.3. The molecule has 52 heavy (non-hydrogen) atoms. The summed E-state index contributed by atoms with van der Waals surface area (Å²) in [5.74, 6) is 1.24. The van der Waals surface area contributed by atoms with Crippen molar-refractivity contribution < 1.29 is 14.3 Å². The lowest BCUT2D eigenvalue weighted by Crippen LogP contribution is -2.47. The van der Waals surface area contributed by atoms with Gasteiger partial charge in [0.05, 0.1) is 11.4 Å². The molecule has 2 atom stereocenters. The summed E-state index contributed by atoms with van der Waals surface area (Å²) in [4.78, 5) is 22.6. The Morgan fingerprint density at radius 1 is 0.596 bits per heavy atom. The van der Waals surface area contributed by atoms with E-state index in [0.717, 1.165) is 99.4 Å². The number of hydrogen-bond acceptors (Lipinski definition) is 11. The predicted octanol–water partition coefficient (Wildman–Crippen LogP) is 6.76. The molecule has 2 saturated heterocycles. The van der Waals surface area contributed by atoms with Gasteiger partial charge in [0.15, 0.2) is 20.6 Å².